The van der Waals surface area contributed by atoms with Gasteiger partial charge in [0.15, 0.2) is 5.96 Å². The molecule has 9 nitrogen and oxygen atoms in total. The van der Waals surface area contributed by atoms with E-state index in [9.17, 15) is 4.79 Å². The van der Waals surface area contributed by atoms with Crippen molar-refractivity contribution >= 4 is 41.8 Å². The van der Waals surface area contributed by atoms with Crippen molar-refractivity contribution in [2.45, 2.75) is 32.7 Å². The molecule has 0 spiro atoms. The van der Waals surface area contributed by atoms with Crippen molar-refractivity contribution in [1.82, 2.24) is 30.4 Å². The van der Waals surface area contributed by atoms with Gasteiger partial charge in [-0.25, -0.2) is 9.97 Å². The number of rotatable bonds is 7. The first-order valence-corrected chi connectivity index (χ1v) is 11.1. The molecular weight excluding hydrogens is 507 g/mol. The molecule has 31 heavy (non-hydrogen) atoms. The Morgan fingerprint density at radius 1 is 1.19 bits per heavy atom. The highest BCUT2D eigenvalue weighted by Crippen LogP contribution is 2.13. The lowest BCUT2D eigenvalue weighted by atomic mass is 10.2. The maximum absolute atomic E-state index is 12.1. The molecule has 1 unspecified atom stereocenters. The summed E-state index contributed by atoms with van der Waals surface area (Å²) in [5.41, 5.74) is 0. The summed E-state index contributed by atoms with van der Waals surface area (Å²) in [6.45, 7) is 11.4. The van der Waals surface area contributed by atoms with Crippen LogP contribution in [0.2, 0.25) is 0 Å². The number of anilines is 1. The molecule has 1 atom stereocenters. The fourth-order valence-corrected chi connectivity index (χ4v) is 3.97. The van der Waals surface area contributed by atoms with Crippen molar-refractivity contribution in [1.29, 1.82) is 0 Å². The highest BCUT2D eigenvalue weighted by molar-refractivity contribution is 14.0. The van der Waals surface area contributed by atoms with E-state index in [1.54, 1.807) is 19.4 Å². The maximum Gasteiger partial charge on any atom is 0.225 e. The topological polar surface area (TPSA) is 89.0 Å². The Bertz CT molecular complexity index is 694. The van der Waals surface area contributed by atoms with Gasteiger partial charge in [0.25, 0.3) is 0 Å². The zero-order chi connectivity index (χ0) is 21.3. The van der Waals surface area contributed by atoms with Gasteiger partial charge in [-0.3, -0.25) is 14.7 Å². The van der Waals surface area contributed by atoms with E-state index < -0.39 is 0 Å². The lowest BCUT2D eigenvalue weighted by Crippen LogP contribution is -2.48. The number of piperazine rings is 1. The Morgan fingerprint density at radius 3 is 2.55 bits per heavy atom. The van der Waals surface area contributed by atoms with Crippen LogP contribution in [-0.4, -0.2) is 97.1 Å². The summed E-state index contributed by atoms with van der Waals surface area (Å²) in [6.07, 6.45) is 5.62. The average molecular weight is 544 g/mol. The van der Waals surface area contributed by atoms with E-state index in [4.69, 9.17) is 0 Å². The number of guanidine groups is 1. The third kappa shape index (κ3) is 7.74. The van der Waals surface area contributed by atoms with Crippen molar-refractivity contribution in [3.05, 3.63) is 18.5 Å². The summed E-state index contributed by atoms with van der Waals surface area (Å²) in [7, 11) is 1.80. The van der Waals surface area contributed by atoms with Crippen molar-refractivity contribution in [2.75, 3.05) is 64.3 Å². The molecule has 2 fully saturated rings. The first-order valence-electron chi connectivity index (χ1n) is 11.1. The number of likely N-dealkylation sites (tertiary alicyclic amines) is 1. The lowest BCUT2D eigenvalue weighted by molar-refractivity contribution is -0.133. The highest BCUT2D eigenvalue weighted by atomic mass is 127. The van der Waals surface area contributed by atoms with Crippen LogP contribution in [0.15, 0.2) is 23.5 Å². The average Bonchev–Trinajstić information content (AvgIpc) is 3.24. The first-order chi connectivity index (χ1) is 14.6. The number of hydrogen-bond acceptors (Lipinski definition) is 6. The van der Waals surface area contributed by atoms with E-state index in [0.29, 0.717) is 0 Å². The number of aliphatic imine (C=N–C) groups is 1. The monoisotopic (exact) mass is 544 g/mol. The minimum absolute atomic E-state index is 0. The van der Waals surface area contributed by atoms with Crippen molar-refractivity contribution < 1.29 is 4.79 Å². The van der Waals surface area contributed by atoms with Crippen molar-refractivity contribution in [2.24, 2.45) is 10.9 Å². The Balaban J connectivity index is 0.00000341. The molecule has 0 saturated carbocycles. The third-order valence-corrected chi connectivity index (χ3v) is 5.71. The Hall–Kier alpha value is -1.69. The minimum Gasteiger partial charge on any atom is -0.356 e. The summed E-state index contributed by atoms with van der Waals surface area (Å²) in [5.74, 6) is 1.95. The molecule has 2 saturated heterocycles. The van der Waals surface area contributed by atoms with Gasteiger partial charge in [0, 0.05) is 77.2 Å². The zero-order valence-electron chi connectivity index (χ0n) is 19.0. The second kappa shape index (κ2) is 13.0. The van der Waals surface area contributed by atoms with Gasteiger partial charge in [0.05, 0.1) is 0 Å². The molecule has 0 radical (unpaired) electrons. The first kappa shape index (κ1) is 25.6. The summed E-state index contributed by atoms with van der Waals surface area (Å²) in [6, 6.07) is 2.12. The zero-order valence-corrected chi connectivity index (χ0v) is 21.3. The van der Waals surface area contributed by atoms with Gasteiger partial charge in [-0.15, -0.1) is 24.0 Å². The van der Waals surface area contributed by atoms with Gasteiger partial charge in [0.1, 0.15) is 0 Å². The Morgan fingerprint density at radius 2 is 1.90 bits per heavy atom. The van der Waals surface area contributed by atoms with Crippen LogP contribution in [-0.2, 0) is 4.79 Å². The largest absolute Gasteiger partial charge is 0.356 e. The van der Waals surface area contributed by atoms with E-state index in [1.165, 1.54) is 0 Å². The number of amides is 1. The molecule has 0 aliphatic carbocycles. The van der Waals surface area contributed by atoms with Crippen molar-refractivity contribution in [3.63, 3.8) is 0 Å². The highest BCUT2D eigenvalue weighted by Gasteiger charge is 2.28. The van der Waals surface area contributed by atoms with E-state index in [1.807, 2.05) is 24.8 Å². The molecule has 0 aromatic carbocycles. The fourth-order valence-electron chi connectivity index (χ4n) is 3.97. The standard InChI is InChI=1S/C21H36N8O.HI/c1-17(2)19(30)29-11-6-18(16-29)26-20(22-3)23-9-5-10-27-12-14-28(15-13-27)21-24-7-4-8-25-21;/h4,7-8,17-18H,5-6,9-16H2,1-3H3,(H2,22,23,26);1H. The van der Waals surface area contributed by atoms with Gasteiger partial charge < -0.3 is 20.4 Å². The van der Waals surface area contributed by atoms with Crippen LogP contribution >= 0.6 is 24.0 Å². The number of carbonyl (C=O) groups excluding carboxylic acids is 1. The van der Waals surface area contributed by atoms with Crippen LogP contribution in [0.3, 0.4) is 0 Å². The van der Waals surface area contributed by atoms with Crippen LogP contribution in [0.4, 0.5) is 5.95 Å². The maximum atomic E-state index is 12.1. The smallest absolute Gasteiger partial charge is 0.225 e. The van der Waals surface area contributed by atoms with Crippen LogP contribution < -0.4 is 15.5 Å². The second-order valence-electron chi connectivity index (χ2n) is 8.30. The molecule has 174 valence electrons. The fraction of sp³-hybridized carbons (Fsp3) is 0.714. The van der Waals surface area contributed by atoms with Gasteiger partial charge in [-0.05, 0) is 25.5 Å². The third-order valence-electron chi connectivity index (χ3n) is 5.71. The molecule has 2 N–H and O–H groups in total. The number of hydrogen-bond donors (Lipinski definition) is 2. The molecule has 1 aromatic heterocycles. The van der Waals surface area contributed by atoms with Crippen LogP contribution in [0.5, 0.6) is 0 Å². The predicted octanol–water partition coefficient (Wildman–Crippen LogP) is 1.03. The number of halogens is 1. The van der Waals surface area contributed by atoms with Crippen LogP contribution in [0.25, 0.3) is 0 Å². The SMILES string of the molecule is CN=C(NCCCN1CCN(c2ncccn2)CC1)NC1CCN(C(=O)C(C)C)C1.I. The Labute approximate surface area is 203 Å². The second-order valence-corrected chi connectivity index (χ2v) is 8.30. The summed E-state index contributed by atoms with van der Waals surface area (Å²) < 4.78 is 0. The van der Waals surface area contributed by atoms with Gasteiger partial charge in [-0.2, -0.15) is 0 Å². The molecule has 3 heterocycles. The molecule has 2 aliphatic heterocycles. The van der Waals surface area contributed by atoms with E-state index >= 15 is 0 Å². The Kier molecular flexibility index (Phi) is 10.7. The quantitative estimate of drug-likeness (QED) is 0.230. The van der Waals surface area contributed by atoms with E-state index in [0.717, 1.165) is 77.1 Å². The number of carbonyl (C=O) groups is 1. The minimum atomic E-state index is 0. The van der Waals surface area contributed by atoms with Gasteiger partial charge >= 0.3 is 0 Å². The van der Waals surface area contributed by atoms with Crippen LogP contribution in [0.1, 0.15) is 26.7 Å². The summed E-state index contributed by atoms with van der Waals surface area (Å²) in [4.78, 5) is 31.9. The normalized spacial score (nSPS) is 20.0. The number of nitrogens with one attached hydrogen (secondary N) is 2. The molecule has 10 heteroatoms. The summed E-state index contributed by atoms with van der Waals surface area (Å²) >= 11 is 0. The van der Waals surface area contributed by atoms with Gasteiger partial charge in [-0.1, -0.05) is 13.8 Å². The van der Waals surface area contributed by atoms with E-state index in [2.05, 4.69) is 35.4 Å². The molecular formula is C21H37IN8O. The van der Waals surface area contributed by atoms with Crippen LogP contribution in [0, 0.1) is 5.92 Å². The summed E-state index contributed by atoms with van der Waals surface area (Å²) in [5, 5.41) is 6.88. The number of aromatic nitrogens is 2. The molecule has 3 rings (SSSR count). The predicted molar refractivity (Wildman–Crippen MR) is 135 cm³/mol. The van der Waals surface area contributed by atoms with Crippen molar-refractivity contribution in [3.8, 4) is 0 Å². The lowest BCUT2D eigenvalue weighted by Gasteiger charge is -2.34. The molecule has 0 bridgehead atoms. The van der Waals surface area contributed by atoms with Gasteiger partial charge in [0.2, 0.25) is 11.9 Å². The molecule has 2 aliphatic rings. The molecule has 1 aromatic rings. The molecule has 1 amide bonds. The number of nitrogens with zero attached hydrogens (tertiary/aromatic N) is 6. The van der Waals surface area contributed by atoms with E-state index in [-0.39, 0.29) is 41.8 Å².